The van der Waals surface area contributed by atoms with Crippen molar-refractivity contribution in [3.05, 3.63) is 33.4 Å². The summed E-state index contributed by atoms with van der Waals surface area (Å²) < 4.78 is 9.69. The molecule has 18 heavy (non-hydrogen) atoms. The molecule has 0 spiro atoms. The molecule has 1 aromatic rings. The van der Waals surface area contributed by atoms with Crippen LogP contribution in [0, 0.1) is 27.7 Å². The molecule has 4 nitrogen and oxygen atoms in total. The van der Waals surface area contributed by atoms with Crippen LogP contribution < -0.4 is 0 Å². The minimum absolute atomic E-state index is 0.275. The highest BCUT2D eigenvalue weighted by Gasteiger charge is 2.15. The summed E-state index contributed by atoms with van der Waals surface area (Å²) >= 11 is 0. The fourth-order valence-corrected chi connectivity index (χ4v) is 2.14. The van der Waals surface area contributed by atoms with Gasteiger partial charge in [-0.2, -0.15) is 0 Å². The SMILES string of the molecule is Cc1c(C)c(COC=O)c(C)c(C)c1COC=O. The molecule has 1 aromatic carbocycles. The van der Waals surface area contributed by atoms with Gasteiger partial charge in [-0.25, -0.2) is 0 Å². The van der Waals surface area contributed by atoms with Crippen LogP contribution in [0.2, 0.25) is 0 Å². The van der Waals surface area contributed by atoms with E-state index in [0.29, 0.717) is 12.9 Å². The third kappa shape index (κ3) is 2.70. The van der Waals surface area contributed by atoms with Crippen LogP contribution in [0.1, 0.15) is 33.4 Å². The van der Waals surface area contributed by atoms with Crippen LogP contribution >= 0.6 is 0 Å². The van der Waals surface area contributed by atoms with Crippen molar-refractivity contribution < 1.29 is 19.1 Å². The number of ether oxygens (including phenoxy) is 2. The van der Waals surface area contributed by atoms with Crippen molar-refractivity contribution in [3.8, 4) is 0 Å². The van der Waals surface area contributed by atoms with Crippen LogP contribution in [0.5, 0.6) is 0 Å². The minimum Gasteiger partial charge on any atom is -0.463 e. The quantitative estimate of drug-likeness (QED) is 0.727. The first-order valence-electron chi connectivity index (χ1n) is 5.73. The number of carbonyl (C=O) groups excluding carboxylic acids is 2. The normalized spacial score (nSPS) is 10.0. The van der Waals surface area contributed by atoms with Crippen LogP contribution in [0.25, 0.3) is 0 Å². The van der Waals surface area contributed by atoms with E-state index in [1.165, 1.54) is 0 Å². The Morgan fingerprint density at radius 2 is 1.00 bits per heavy atom. The lowest BCUT2D eigenvalue weighted by molar-refractivity contribution is -0.130. The Morgan fingerprint density at radius 1 is 0.722 bits per heavy atom. The first kappa shape index (κ1) is 14.2. The van der Waals surface area contributed by atoms with Gasteiger partial charge in [-0.15, -0.1) is 0 Å². The van der Waals surface area contributed by atoms with E-state index in [1.54, 1.807) is 0 Å². The van der Waals surface area contributed by atoms with Gasteiger partial charge in [-0.05, 0) is 61.1 Å². The summed E-state index contributed by atoms with van der Waals surface area (Å²) in [5.41, 5.74) is 6.33. The first-order valence-corrected chi connectivity index (χ1v) is 5.73. The summed E-state index contributed by atoms with van der Waals surface area (Å²) in [5, 5.41) is 0. The van der Waals surface area contributed by atoms with Crippen molar-refractivity contribution in [1.29, 1.82) is 0 Å². The molecular weight excluding hydrogens is 232 g/mol. The van der Waals surface area contributed by atoms with Crippen molar-refractivity contribution in [1.82, 2.24) is 0 Å². The van der Waals surface area contributed by atoms with Gasteiger partial charge in [0, 0.05) is 0 Å². The molecule has 0 amide bonds. The van der Waals surface area contributed by atoms with Gasteiger partial charge in [0.1, 0.15) is 13.2 Å². The Balaban J connectivity index is 3.25. The lowest BCUT2D eigenvalue weighted by Crippen LogP contribution is -2.07. The van der Waals surface area contributed by atoms with Crippen molar-refractivity contribution in [2.45, 2.75) is 40.9 Å². The highest BCUT2D eigenvalue weighted by atomic mass is 16.5. The molecule has 1 rings (SSSR count). The van der Waals surface area contributed by atoms with Crippen LogP contribution in [0.4, 0.5) is 0 Å². The van der Waals surface area contributed by atoms with E-state index < -0.39 is 0 Å². The van der Waals surface area contributed by atoms with Gasteiger partial charge in [0.2, 0.25) is 0 Å². The van der Waals surface area contributed by atoms with E-state index in [1.807, 2.05) is 27.7 Å². The number of hydrogen-bond donors (Lipinski definition) is 0. The van der Waals surface area contributed by atoms with Gasteiger partial charge in [0.05, 0.1) is 0 Å². The molecule has 0 saturated heterocycles. The Bertz CT molecular complexity index is 391. The van der Waals surface area contributed by atoms with Crippen molar-refractivity contribution in [2.24, 2.45) is 0 Å². The summed E-state index contributed by atoms with van der Waals surface area (Å²) in [6.07, 6.45) is 0. The molecule has 0 bridgehead atoms. The van der Waals surface area contributed by atoms with Crippen LogP contribution in [-0.4, -0.2) is 12.9 Å². The van der Waals surface area contributed by atoms with Gasteiger partial charge in [-0.1, -0.05) is 0 Å². The smallest absolute Gasteiger partial charge is 0.293 e. The average molecular weight is 250 g/mol. The third-order valence-corrected chi connectivity index (χ3v) is 3.53. The molecule has 98 valence electrons. The van der Waals surface area contributed by atoms with E-state index in [4.69, 9.17) is 9.47 Å². The predicted octanol–water partition coefficient (Wildman–Crippen LogP) is 2.27. The molecule has 0 atom stereocenters. The number of hydrogen-bond acceptors (Lipinski definition) is 4. The number of benzene rings is 1. The van der Waals surface area contributed by atoms with Crippen molar-refractivity contribution in [2.75, 3.05) is 0 Å². The zero-order chi connectivity index (χ0) is 13.7. The molecule has 0 unspecified atom stereocenters. The van der Waals surface area contributed by atoms with Crippen LogP contribution in [-0.2, 0) is 32.3 Å². The fraction of sp³-hybridized carbons (Fsp3) is 0.429. The summed E-state index contributed by atoms with van der Waals surface area (Å²) in [5.74, 6) is 0. The lowest BCUT2D eigenvalue weighted by atomic mass is 9.89. The van der Waals surface area contributed by atoms with E-state index in [9.17, 15) is 9.59 Å². The standard InChI is InChI=1S/C14H18O4/c1-9-10(2)14(6-18-8-16)12(4)11(3)13(9)5-17-7-15/h7-8H,5-6H2,1-4H3. The van der Waals surface area contributed by atoms with Crippen LogP contribution in [0.3, 0.4) is 0 Å². The Hall–Kier alpha value is -1.84. The third-order valence-electron chi connectivity index (χ3n) is 3.53. The molecule has 0 aliphatic rings. The molecule has 0 aliphatic carbocycles. The second-order valence-electron chi connectivity index (χ2n) is 4.27. The molecule has 0 radical (unpaired) electrons. The summed E-state index contributed by atoms with van der Waals surface area (Å²) in [6, 6.07) is 0. The van der Waals surface area contributed by atoms with E-state index in [-0.39, 0.29) is 13.2 Å². The molecule has 0 fully saturated rings. The zero-order valence-electron chi connectivity index (χ0n) is 11.2. The zero-order valence-corrected chi connectivity index (χ0v) is 11.2. The predicted molar refractivity (Wildman–Crippen MR) is 67.1 cm³/mol. The maximum Gasteiger partial charge on any atom is 0.293 e. The largest absolute Gasteiger partial charge is 0.463 e. The van der Waals surface area contributed by atoms with Crippen molar-refractivity contribution in [3.63, 3.8) is 0 Å². The first-order chi connectivity index (χ1) is 8.54. The van der Waals surface area contributed by atoms with Gasteiger partial charge in [0.15, 0.2) is 0 Å². The fourth-order valence-electron chi connectivity index (χ4n) is 2.14. The van der Waals surface area contributed by atoms with Gasteiger partial charge in [0.25, 0.3) is 12.9 Å². The Kier molecular flexibility index (Phi) is 4.89. The molecule has 0 N–H and O–H groups in total. The Labute approximate surface area is 107 Å². The number of rotatable bonds is 6. The second kappa shape index (κ2) is 6.19. The van der Waals surface area contributed by atoms with Crippen molar-refractivity contribution >= 4 is 12.9 Å². The lowest BCUT2D eigenvalue weighted by Gasteiger charge is -2.19. The van der Waals surface area contributed by atoms with E-state index >= 15 is 0 Å². The van der Waals surface area contributed by atoms with Gasteiger partial charge < -0.3 is 9.47 Å². The summed E-state index contributed by atoms with van der Waals surface area (Å²) in [4.78, 5) is 20.6. The molecule has 0 aromatic heterocycles. The molecule has 0 aliphatic heterocycles. The highest BCUT2D eigenvalue weighted by molar-refractivity contribution is 5.51. The maximum atomic E-state index is 10.3. The highest BCUT2D eigenvalue weighted by Crippen LogP contribution is 2.27. The monoisotopic (exact) mass is 250 g/mol. The molecular formula is C14H18O4. The molecule has 4 heteroatoms. The minimum atomic E-state index is 0.275. The number of carbonyl (C=O) groups is 2. The maximum absolute atomic E-state index is 10.3. The topological polar surface area (TPSA) is 52.6 Å². The van der Waals surface area contributed by atoms with Gasteiger partial charge in [-0.3, -0.25) is 9.59 Å². The average Bonchev–Trinajstić information content (AvgIpc) is 2.37. The van der Waals surface area contributed by atoms with Gasteiger partial charge >= 0.3 is 0 Å². The molecule has 0 saturated carbocycles. The second-order valence-corrected chi connectivity index (χ2v) is 4.27. The summed E-state index contributed by atoms with van der Waals surface area (Å²) in [6.45, 7) is 9.38. The van der Waals surface area contributed by atoms with Crippen LogP contribution in [0.15, 0.2) is 0 Å². The molecule has 0 heterocycles. The summed E-state index contributed by atoms with van der Waals surface area (Å²) in [7, 11) is 0. The van der Waals surface area contributed by atoms with E-state index in [0.717, 1.165) is 33.4 Å². The van der Waals surface area contributed by atoms with E-state index in [2.05, 4.69) is 0 Å². The Morgan fingerprint density at radius 3 is 1.22 bits per heavy atom.